The zero-order valence-corrected chi connectivity index (χ0v) is 21.1. The Hall–Kier alpha value is -2.52. The van der Waals surface area contributed by atoms with Crippen LogP contribution >= 0.6 is 0 Å². The maximum Gasteiger partial charge on any atom is 0.244 e. The molecule has 1 saturated heterocycles. The van der Waals surface area contributed by atoms with Crippen LogP contribution in [0.15, 0.2) is 59.5 Å². The van der Waals surface area contributed by atoms with Crippen LogP contribution < -0.4 is 5.32 Å². The molecule has 0 spiro atoms. The number of morpholine rings is 1. The highest BCUT2D eigenvalue weighted by molar-refractivity contribution is 7.89. The summed E-state index contributed by atoms with van der Waals surface area (Å²) in [5, 5.41) is 3.13. The van der Waals surface area contributed by atoms with Gasteiger partial charge < -0.3 is 10.1 Å². The molecular weight excluding hydrogens is 450 g/mol. The van der Waals surface area contributed by atoms with Crippen molar-refractivity contribution >= 4 is 22.0 Å². The summed E-state index contributed by atoms with van der Waals surface area (Å²) in [4.78, 5) is 15.3. The van der Waals surface area contributed by atoms with Crippen molar-refractivity contribution in [1.29, 1.82) is 0 Å². The number of aryl methyl sites for hydroxylation is 1. The lowest BCUT2D eigenvalue weighted by atomic mass is 10.0. The van der Waals surface area contributed by atoms with Gasteiger partial charge in [-0.3, -0.25) is 9.69 Å². The summed E-state index contributed by atoms with van der Waals surface area (Å²) in [5.74, 6) is -0.196. The van der Waals surface area contributed by atoms with E-state index in [0.717, 1.165) is 24.2 Å². The second-order valence-corrected chi connectivity index (χ2v) is 10.3. The maximum absolute atomic E-state index is 12.8. The molecule has 34 heavy (non-hydrogen) atoms. The number of nitrogens with one attached hydrogen (secondary N) is 1. The predicted octanol–water partition coefficient (Wildman–Crippen LogP) is 3.23. The maximum atomic E-state index is 12.8. The molecule has 0 saturated carbocycles. The van der Waals surface area contributed by atoms with E-state index in [1.807, 2.05) is 20.8 Å². The number of sulfonamides is 1. The van der Waals surface area contributed by atoms with Gasteiger partial charge in [-0.25, -0.2) is 8.42 Å². The van der Waals surface area contributed by atoms with E-state index in [1.165, 1.54) is 15.9 Å². The molecule has 2 aromatic rings. The molecule has 0 radical (unpaired) electrons. The minimum atomic E-state index is -3.50. The summed E-state index contributed by atoms with van der Waals surface area (Å²) in [7, 11) is -3.50. The van der Waals surface area contributed by atoms with E-state index in [0.29, 0.717) is 32.8 Å². The number of rotatable bonds is 10. The number of carbonyl (C=O) groups is 1. The first-order valence-corrected chi connectivity index (χ1v) is 13.2. The molecule has 1 aliphatic rings. The van der Waals surface area contributed by atoms with E-state index in [1.54, 1.807) is 30.3 Å². The van der Waals surface area contributed by atoms with Gasteiger partial charge in [-0.05, 0) is 36.3 Å². The Morgan fingerprint density at radius 1 is 1.06 bits per heavy atom. The largest absolute Gasteiger partial charge is 0.379 e. The molecule has 1 atom stereocenters. The average Bonchev–Trinajstić information content (AvgIpc) is 2.84. The minimum Gasteiger partial charge on any atom is -0.379 e. The third-order valence-corrected chi connectivity index (χ3v) is 8.06. The first-order chi connectivity index (χ1) is 16.3. The van der Waals surface area contributed by atoms with Gasteiger partial charge in [-0.1, -0.05) is 55.8 Å². The van der Waals surface area contributed by atoms with Crippen LogP contribution in [0.25, 0.3) is 6.08 Å². The van der Waals surface area contributed by atoms with Crippen LogP contribution in [0.4, 0.5) is 0 Å². The Morgan fingerprint density at radius 2 is 1.68 bits per heavy atom. The van der Waals surface area contributed by atoms with Crippen molar-refractivity contribution in [2.75, 3.05) is 45.9 Å². The van der Waals surface area contributed by atoms with Crippen molar-refractivity contribution in [3.8, 4) is 0 Å². The average molecular weight is 486 g/mol. The van der Waals surface area contributed by atoms with Gasteiger partial charge in [0, 0.05) is 38.8 Å². The van der Waals surface area contributed by atoms with Crippen molar-refractivity contribution < 1.29 is 17.9 Å². The summed E-state index contributed by atoms with van der Waals surface area (Å²) in [6.07, 6.45) is 3.19. The van der Waals surface area contributed by atoms with E-state index < -0.39 is 10.0 Å². The highest BCUT2D eigenvalue weighted by Gasteiger charge is 2.21. The summed E-state index contributed by atoms with van der Waals surface area (Å²) < 4.78 is 32.2. The molecule has 0 aromatic heterocycles. The summed E-state index contributed by atoms with van der Waals surface area (Å²) >= 11 is 0. The second-order valence-electron chi connectivity index (χ2n) is 8.38. The molecule has 0 aliphatic carbocycles. The summed E-state index contributed by atoms with van der Waals surface area (Å²) in [6.45, 7) is 10.3. The minimum absolute atomic E-state index is 0.141. The van der Waals surface area contributed by atoms with Gasteiger partial charge in [0.2, 0.25) is 15.9 Å². The predicted molar refractivity (Wildman–Crippen MR) is 135 cm³/mol. The van der Waals surface area contributed by atoms with Gasteiger partial charge in [0.25, 0.3) is 0 Å². The smallest absolute Gasteiger partial charge is 0.244 e. The van der Waals surface area contributed by atoms with Crippen LogP contribution in [0.3, 0.4) is 0 Å². The van der Waals surface area contributed by atoms with Gasteiger partial charge in [-0.2, -0.15) is 4.31 Å². The van der Waals surface area contributed by atoms with E-state index >= 15 is 0 Å². The molecule has 1 heterocycles. The fraction of sp³-hybridized carbons (Fsp3) is 0.423. The fourth-order valence-corrected chi connectivity index (χ4v) is 5.39. The molecule has 1 aliphatic heterocycles. The number of carbonyl (C=O) groups excluding carboxylic acids is 1. The molecule has 8 heteroatoms. The SMILES string of the molecule is CCN(CC)S(=O)(=O)c1ccc(/C=C/C(=O)NC(CN2CCOCC2)c2ccc(C)cc2)cc1. The molecule has 2 aromatic carbocycles. The Labute approximate surface area is 203 Å². The Kier molecular flexibility index (Phi) is 9.41. The normalized spacial score (nSPS) is 16.1. The number of hydrogen-bond donors (Lipinski definition) is 1. The molecule has 0 bridgehead atoms. The van der Waals surface area contributed by atoms with Crippen LogP contribution in [0.1, 0.15) is 36.6 Å². The van der Waals surface area contributed by atoms with Gasteiger partial charge in [0.15, 0.2) is 0 Å². The zero-order chi connectivity index (χ0) is 24.6. The third-order valence-electron chi connectivity index (χ3n) is 5.99. The first-order valence-electron chi connectivity index (χ1n) is 11.8. The third kappa shape index (κ3) is 6.99. The van der Waals surface area contributed by atoms with Crippen molar-refractivity contribution in [2.45, 2.75) is 31.7 Å². The van der Waals surface area contributed by atoms with E-state index in [9.17, 15) is 13.2 Å². The quantitative estimate of drug-likeness (QED) is 0.523. The lowest BCUT2D eigenvalue weighted by Crippen LogP contribution is -2.42. The zero-order valence-electron chi connectivity index (χ0n) is 20.2. The van der Waals surface area contributed by atoms with E-state index in [4.69, 9.17) is 4.74 Å². The van der Waals surface area contributed by atoms with E-state index in [-0.39, 0.29) is 16.8 Å². The highest BCUT2D eigenvalue weighted by atomic mass is 32.2. The molecule has 7 nitrogen and oxygen atoms in total. The van der Waals surface area contributed by atoms with Crippen LogP contribution in [-0.2, 0) is 19.6 Å². The molecule has 1 fully saturated rings. The van der Waals surface area contributed by atoms with Gasteiger partial charge in [-0.15, -0.1) is 0 Å². The molecule has 3 rings (SSSR count). The highest BCUT2D eigenvalue weighted by Crippen LogP contribution is 2.18. The number of benzene rings is 2. The molecular formula is C26H35N3O4S. The number of hydrogen-bond acceptors (Lipinski definition) is 5. The molecule has 1 unspecified atom stereocenters. The first kappa shape index (κ1) is 26.1. The Balaban J connectivity index is 1.68. The van der Waals surface area contributed by atoms with E-state index in [2.05, 4.69) is 34.5 Å². The van der Waals surface area contributed by atoms with Crippen LogP contribution in [-0.4, -0.2) is 69.5 Å². The monoisotopic (exact) mass is 485 g/mol. The number of amides is 1. The summed E-state index contributed by atoms with van der Waals surface area (Å²) in [6, 6.07) is 14.7. The van der Waals surface area contributed by atoms with Gasteiger partial charge >= 0.3 is 0 Å². The molecule has 1 N–H and O–H groups in total. The Morgan fingerprint density at radius 3 is 2.26 bits per heavy atom. The van der Waals surface area contributed by atoms with Gasteiger partial charge in [0.1, 0.15) is 0 Å². The summed E-state index contributed by atoms with van der Waals surface area (Å²) in [5.41, 5.74) is 2.99. The van der Waals surface area contributed by atoms with Crippen molar-refractivity contribution in [3.63, 3.8) is 0 Å². The van der Waals surface area contributed by atoms with Crippen LogP contribution in [0, 0.1) is 6.92 Å². The number of ether oxygens (including phenoxy) is 1. The van der Waals surface area contributed by atoms with Crippen LogP contribution in [0.5, 0.6) is 0 Å². The van der Waals surface area contributed by atoms with Crippen molar-refractivity contribution in [3.05, 3.63) is 71.3 Å². The second kappa shape index (κ2) is 12.3. The Bertz CT molecular complexity index is 1060. The number of nitrogens with zero attached hydrogens (tertiary/aromatic N) is 2. The molecule has 184 valence electrons. The molecule has 1 amide bonds. The lowest BCUT2D eigenvalue weighted by Gasteiger charge is -2.31. The van der Waals surface area contributed by atoms with Gasteiger partial charge in [0.05, 0.1) is 24.2 Å². The fourth-order valence-electron chi connectivity index (χ4n) is 3.93. The lowest BCUT2D eigenvalue weighted by molar-refractivity contribution is -0.117. The van der Waals surface area contributed by atoms with Crippen molar-refractivity contribution in [2.24, 2.45) is 0 Å². The van der Waals surface area contributed by atoms with Crippen LogP contribution in [0.2, 0.25) is 0 Å². The standard InChI is InChI=1S/C26H35N3O4S/c1-4-29(5-2)34(31,32)24-13-8-22(9-14-24)10-15-26(30)27-25(20-28-16-18-33-19-17-28)23-11-6-21(3)7-12-23/h6-15,25H,4-5,16-20H2,1-3H3,(H,27,30)/b15-10+. The topological polar surface area (TPSA) is 79.0 Å². The van der Waals surface area contributed by atoms with Crippen molar-refractivity contribution in [1.82, 2.24) is 14.5 Å².